The third-order valence-corrected chi connectivity index (χ3v) is 3.91. The van der Waals surface area contributed by atoms with Crippen molar-refractivity contribution in [3.63, 3.8) is 0 Å². The van der Waals surface area contributed by atoms with Gasteiger partial charge in [-0.3, -0.25) is 0 Å². The lowest BCUT2D eigenvalue weighted by Crippen LogP contribution is -2.57. The van der Waals surface area contributed by atoms with Gasteiger partial charge in [-0.2, -0.15) is 0 Å². The standard InChI is InChI=1S/C12H18BrN3/c1-9-4-5-14-11(10(9)13)16-7-6-15-12(2,3)8-16/h4-5,15H,6-8H2,1-3H3. The van der Waals surface area contributed by atoms with Gasteiger partial charge in [-0.25, -0.2) is 4.98 Å². The molecule has 0 unspecified atom stereocenters. The summed E-state index contributed by atoms with van der Waals surface area (Å²) in [4.78, 5) is 6.82. The Labute approximate surface area is 105 Å². The Kier molecular flexibility index (Phi) is 3.22. The van der Waals surface area contributed by atoms with Crippen molar-refractivity contribution in [2.75, 3.05) is 24.5 Å². The number of hydrogen-bond acceptors (Lipinski definition) is 3. The summed E-state index contributed by atoms with van der Waals surface area (Å²) in [5.41, 5.74) is 1.39. The first-order valence-electron chi connectivity index (χ1n) is 5.61. The molecule has 16 heavy (non-hydrogen) atoms. The zero-order valence-corrected chi connectivity index (χ0v) is 11.6. The first-order valence-corrected chi connectivity index (χ1v) is 6.40. The number of pyridine rings is 1. The number of rotatable bonds is 1. The maximum Gasteiger partial charge on any atom is 0.143 e. The third kappa shape index (κ3) is 2.38. The summed E-state index contributed by atoms with van der Waals surface area (Å²) >= 11 is 3.63. The van der Waals surface area contributed by atoms with Crippen LogP contribution in [0.4, 0.5) is 5.82 Å². The van der Waals surface area contributed by atoms with E-state index >= 15 is 0 Å². The van der Waals surface area contributed by atoms with E-state index in [4.69, 9.17) is 0 Å². The number of halogens is 1. The average molecular weight is 284 g/mol. The lowest BCUT2D eigenvalue weighted by molar-refractivity contribution is 0.351. The van der Waals surface area contributed by atoms with Crippen LogP contribution in [0.3, 0.4) is 0 Å². The van der Waals surface area contributed by atoms with Crippen molar-refractivity contribution in [3.05, 3.63) is 22.3 Å². The molecule has 0 aromatic carbocycles. The molecule has 4 heteroatoms. The topological polar surface area (TPSA) is 28.2 Å². The van der Waals surface area contributed by atoms with Crippen molar-refractivity contribution in [2.45, 2.75) is 26.3 Å². The van der Waals surface area contributed by atoms with E-state index < -0.39 is 0 Å². The van der Waals surface area contributed by atoms with Gasteiger partial charge in [0.1, 0.15) is 5.82 Å². The Morgan fingerprint density at radius 3 is 2.94 bits per heavy atom. The van der Waals surface area contributed by atoms with Crippen LogP contribution in [-0.2, 0) is 0 Å². The highest BCUT2D eigenvalue weighted by Gasteiger charge is 2.27. The van der Waals surface area contributed by atoms with E-state index in [-0.39, 0.29) is 5.54 Å². The van der Waals surface area contributed by atoms with Crippen molar-refractivity contribution in [3.8, 4) is 0 Å². The second kappa shape index (κ2) is 4.34. The van der Waals surface area contributed by atoms with Crippen LogP contribution in [0.5, 0.6) is 0 Å². The fraction of sp³-hybridized carbons (Fsp3) is 0.583. The van der Waals surface area contributed by atoms with Crippen molar-refractivity contribution in [1.82, 2.24) is 10.3 Å². The molecule has 1 saturated heterocycles. The zero-order valence-electron chi connectivity index (χ0n) is 10.0. The Morgan fingerprint density at radius 2 is 2.25 bits per heavy atom. The molecule has 1 aliphatic rings. The van der Waals surface area contributed by atoms with E-state index in [2.05, 4.69) is 51.9 Å². The number of aromatic nitrogens is 1. The summed E-state index contributed by atoms with van der Waals surface area (Å²) < 4.78 is 1.12. The van der Waals surface area contributed by atoms with Gasteiger partial charge in [-0.15, -0.1) is 0 Å². The minimum absolute atomic E-state index is 0.156. The van der Waals surface area contributed by atoms with Crippen LogP contribution in [0.1, 0.15) is 19.4 Å². The normalized spacial score (nSPS) is 19.9. The molecule has 1 N–H and O–H groups in total. The van der Waals surface area contributed by atoms with Gasteiger partial charge >= 0.3 is 0 Å². The fourth-order valence-corrected chi connectivity index (χ4v) is 2.55. The van der Waals surface area contributed by atoms with Crippen LogP contribution < -0.4 is 10.2 Å². The second-order valence-corrected chi connectivity index (χ2v) is 5.79. The summed E-state index contributed by atoms with van der Waals surface area (Å²) in [6, 6.07) is 2.03. The second-order valence-electron chi connectivity index (χ2n) is 5.00. The number of aryl methyl sites for hydroxylation is 1. The zero-order chi connectivity index (χ0) is 11.8. The van der Waals surface area contributed by atoms with Gasteiger partial charge in [-0.1, -0.05) is 0 Å². The van der Waals surface area contributed by atoms with Gasteiger partial charge in [0.15, 0.2) is 0 Å². The van der Waals surface area contributed by atoms with E-state index in [1.54, 1.807) is 0 Å². The minimum atomic E-state index is 0.156. The molecule has 1 aromatic rings. The van der Waals surface area contributed by atoms with Crippen molar-refractivity contribution >= 4 is 21.7 Å². The van der Waals surface area contributed by atoms with Crippen LogP contribution in [-0.4, -0.2) is 30.2 Å². The molecule has 2 heterocycles. The van der Waals surface area contributed by atoms with Gasteiger partial charge in [0.25, 0.3) is 0 Å². The molecule has 0 atom stereocenters. The maximum absolute atomic E-state index is 4.48. The molecule has 2 rings (SSSR count). The van der Waals surface area contributed by atoms with Gasteiger partial charge in [0, 0.05) is 31.4 Å². The molecule has 1 fully saturated rings. The minimum Gasteiger partial charge on any atom is -0.353 e. The number of nitrogens with zero attached hydrogens (tertiary/aromatic N) is 2. The van der Waals surface area contributed by atoms with Gasteiger partial charge in [-0.05, 0) is 48.3 Å². The van der Waals surface area contributed by atoms with Crippen molar-refractivity contribution < 1.29 is 0 Å². The number of anilines is 1. The maximum atomic E-state index is 4.48. The largest absolute Gasteiger partial charge is 0.353 e. The van der Waals surface area contributed by atoms with Gasteiger partial charge in [0.2, 0.25) is 0 Å². The molecule has 1 aromatic heterocycles. The Hall–Kier alpha value is -0.610. The lowest BCUT2D eigenvalue weighted by Gasteiger charge is -2.40. The highest BCUT2D eigenvalue weighted by molar-refractivity contribution is 9.10. The van der Waals surface area contributed by atoms with Crippen LogP contribution in [0.15, 0.2) is 16.7 Å². The van der Waals surface area contributed by atoms with E-state index in [1.807, 2.05) is 12.3 Å². The Bertz CT molecular complexity index is 390. The number of nitrogens with one attached hydrogen (secondary N) is 1. The van der Waals surface area contributed by atoms with E-state index in [9.17, 15) is 0 Å². The predicted octanol–water partition coefficient (Wildman–Crippen LogP) is 2.34. The Morgan fingerprint density at radius 1 is 1.50 bits per heavy atom. The van der Waals surface area contributed by atoms with Gasteiger partial charge in [0.05, 0.1) is 4.47 Å². The van der Waals surface area contributed by atoms with Crippen molar-refractivity contribution in [2.24, 2.45) is 0 Å². The van der Waals surface area contributed by atoms with Crippen molar-refractivity contribution in [1.29, 1.82) is 0 Å². The molecule has 88 valence electrons. The lowest BCUT2D eigenvalue weighted by atomic mass is 10.0. The summed E-state index contributed by atoms with van der Waals surface area (Å²) in [5.74, 6) is 1.06. The molecule has 0 aliphatic carbocycles. The SMILES string of the molecule is Cc1ccnc(N2CCNC(C)(C)C2)c1Br. The Balaban J connectivity index is 2.27. The third-order valence-electron chi connectivity index (χ3n) is 2.93. The monoisotopic (exact) mass is 283 g/mol. The van der Waals surface area contributed by atoms with Crippen LogP contribution in [0.25, 0.3) is 0 Å². The summed E-state index contributed by atoms with van der Waals surface area (Å²) in [7, 11) is 0. The van der Waals surface area contributed by atoms with Gasteiger partial charge < -0.3 is 10.2 Å². The summed E-state index contributed by atoms with van der Waals surface area (Å²) in [5, 5.41) is 3.51. The molecule has 0 radical (unpaired) electrons. The highest BCUT2D eigenvalue weighted by atomic mass is 79.9. The van der Waals surface area contributed by atoms with E-state index in [0.29, 0.717) is 0 Å². The predicted molar refractivity (Wildman–Crippen MR) is 71.0 cm³/mol. The van der Waals surface area contributed by atoms with Crippen LogP contribution >= 0.6 is 15.9 Å². The van der Waals surface area contributed by atoms with E-state index in [0.717, 1.165) is 29.9 Å². The molecule has 3 nitrogen and oxygen atoms in total. The first-order chi connectivity index (χ1) is 7.49. The molecule has 0 saturated carbocycles. The molecule has 1 aliphatic heterocycles. The smallest absolute Gasteiger partial charge is 0.143 e. The fourth-order valence-electron chi connectivity index (χ4n) is 2.07. The highest BCUT2D eigenvalue weighted by Crippen LogP contribution is 2.28. The molecule has 0 spiro atoms. The average Bonchev–Trinajstić information content (AvgIpc) is 2.20. The summed E-state index contributed by atoms with van der Waals surface area (Å²) in [6.07, 6.45) is 1.88. The number of hydrogen-bond donors (Lipinski definition) is 1. The van der Waals surface area contributed by atoms with Crippen LogP contribution in [0, 0.1) is 6.92 Å². The summed E-state index contributed by atoms with van der Waals surface area (Å²) in [6.45, 7) is 9.56. The molecule has 0 amide bonds. The van der Waals surface area contributed by atoms with Crippen LogP contribution in [0.2, 0.25) is 0 Å². The van der Waals surface area contributed by atoms with E-state index in [1.165, 1.54) is 5.56 Å². The number of piperazine rings is 1. The molecular weight excluding hydrogens is 266 g/mol. The first kappa shape index (κ1) is 11.9. The quantitative estimate of drug-likeness (QED) is 0.858. The molecular formula is C12H18BrN3. The molecule has 0 bridgehead atoms.